The lowest BCUT2D eigenvalue weighted by Crippen LogP contribution is -2.17. The standard InChI is InChI=1S/C17H11BrF2N4O2/c18-9-3-1-8(2-4-9)13-7-15(24-23-13)17(26)22-14-5-10(16(21)25)11(19)6-12(14)20/h1-7H,(H2,21,25)(H,22,26)(H,23,24). The molecule has 3 aromatic rings. The molecule has 0 radical (unpaired) electrons. The van der Waals surface area contributed by atoms with Gasteiger partial charge in [-0.15, -0.1) is 0 Å². The molecule has 0 saturated heterocycles. The molecule has 6 nitrogen and oxygen atoms in total. The number of hydrogen-bond donors (Lipinski definition) is 3. The first-order valence-corrected chi connectivity index (χ1v) is 8.06. The third-order valence-electron chi connectivity index (χ3n) is 3.53. The highest BCUT2D eigenvalue weighted by atomic mass is 79.9. The Morgan fingerprint density at radius 1 is 1.08 bits per heavy atom. The number of anilines is 1. The van der Waals surface area contributed by atoms with Gasteiger partial charge in [0, 0.05) is 16.1 Å². The van der Waals surface area contributed by atoms with Gasteiger partial charge in [0.1, 0.15) is 17.3 Å². The van der Waals surface area contributed by atoms with Crippen LogP contribution in [0.4, 0.5) is 14.5 Å². The molecular weight excluding hydrogens is 410 g/mol. The molecule has 0 aliphatic heterocycles. The first kappa shape index (κ1) is 17.7. The van der Waals surface area contributed by atoms with Crippen molar-refractivity contribution < 1.29 is 18.4 Å². The fourth-order valence-corrected chi connectivity index (χ4v) is 2.49. The maximum absolute atomic E-state index is 13.8. The Hall–Kier alpha value is -3.07. The van der Waals surface area contributed by atoms with Crippen molar-refractivity contribution in [1.29, 1.82) is 0 Å². The Labute approximate surface area is 154 Å². The summed E-state index contributed by atoms with van der Waals surface area (Å²) in [6, 6.07) is 10.1. The number of amides is 2. The number of benzene rings is 2. The van der Waals surface area contributed by atoms with Crippen molar-refractivity contribution >= 4 is 33.4 Å². The second-order valence-electron chi connectivity index (χ2n) is 5.30. The Balaban J connectivity index is 1.84. The normalized spacial score (nSPS) is 10.6. The summed E-state index contributed by atoms with van der Waals surface area (Å²) in [5.41, 5.74) is 5.47. The number of hydrogen-bond acceptors (Lipinski definition) is 3. The molecule has 0 fully saturated rings. The molecule has 2 amide bonds. The van der Waals surface area contributed by atoms with Crippen LogP contribution < -0.4 is 11.1 Å². The molecule has 0 aliphatic carbocycles. The van der Waals surface area contributed by atoms with Crippen LogP contribution in [0.3, 0.4) is 0 Å². The third-order valence-corrected chi connectivity index (χ3v) is 4.06. The van der Waals surface area contributed by atoms with Gasteiger partial charge in [-0.1, -0.05) is 28.1 Å². The minimum Gasteiger partial charge on any atom is -0.366 e. The highest BCUT2D eigenvalue weighted by Gasteiger charge is 2.17. The van der Waals surface area contributed by atoms with Gasteiger partial charge in [0.25, 0.3) is 11.8 Å². The van der Waals surface area contributed by atoms with Gasteiger partial charge in [0.15, 0.2) is 0 Å². The van der Waals surface area contributed by atoms with Gasteiger partial charge in [-0.05, 0) is 24.3 Å². The van der Waals surface area contributed by atoms with Gasteiger partial charge in [0.2, 0.25) is 0 Å². The van der Waals surface area contributed by atoms with Gasteiger partial charge in [0.05, 0.1) is 16.9 Å². The molecule has 1 aromatic heterocycles. The number of aromatic nitrogens is 2. The van der Waals surface area contributed by atoms with Crippen LogP contribution in [0, 0.1) is 11.6 Å². The number of nitrogens with two attached hydrogens (primary N) is 1. The highest BCUT2D eigenvalue weighted by molar-refractivity contribution is 9.10. The number of halogens is 3. The van der Waals surface area contributed by atoms with E-state index in [0.717, 1.165) is 16.1 Å². The van der Waals surface area contributed by atoms with Crippen molar-refractivity contribution in [2.45, 2.75) is 0 Å². The number of primary amides is 1. The molecule has 0 spiro atoms. The summed E-state index contributed by atoms with van der Waals surface area (Å²) in [6.45, 7) is 0. The van der Waals surface area contributed by atoms with E-state index in [4.69, 9.17) is 5.73 Å². The van der Waals surface area contributed by atoms with Gasteiger partial charge >= 0.3 is 0 Å². The lowest BCUT2D eigenvalue weighted by atomic mass is 10.1. The van der Waals surface area contributed by atoms with Crippen LogP contribution in [0.25, 0.3) is 11.3 Å². The molecular formula is C17H11BrF2N4O2. The number of rotatable bonds is 4. The molecule has 0 bridgehead atoms. The zero-order valence-corrected chi connectivity index (χ0v) is 14.6. The van der Waals surface area contributed by atoms with E-state index in [0.29, 0.717) is 11.8 Å². The summed E-state index contributed by atoms with van der Waals surface area (Å²) in [7, 11) is 0. The van der Waals surface area contributed by atoms with E-state index >= 15 is 0 Å². The number of carbonyl (C=O) groups excluding carboxylic acids is 2. The number of aromatic amines is 1. The summed E-state index contributed by atoms with van der Waals surface area (Å²) in [5, 5.41) is 8.83. The molecule has 26 heavy (non-hydrogen) atoms. The molecule has 2 aromatic carbocycles. The SMILES string of the molecule is NC(=O)c1cc(NC(=O)c2cc(-c3ccc(Br)cc3)n[nH]2)c(F)cc1F. The molecule has 0 unspecified atom stereocenters. The zero-order valence-electron chi connectivity index (χ0n) is 13.0. The monoisotopic (exact) mass is 420 g/mol. The average Bonchev–Trinajstić information content (AvgIpc) is 3.07. The number of H-pyrrole nitrogens is 1. The van der Waals surface area contributed by atoms with Crippen molar-refractivity contribution in [3.05, 3.63) is 69.8 Å². The minimum atomic E-state index is -1.10. The topological polar surface area (TPSA) is 101 Å². The first-order valence-electron chi connectivity index (χ1n) is 7.26. The van der Waals surface area contributed by atoms with Gasteiger partial charge in [-0.3, -0.25) is 14.7 Å². The van der Waals surface area contributed by atoms with Crippen LogP contribution in [-0.4, -0.2) is 22.0 Å². The molecule has 0 aliphatic rings. The summed E-state index contributed by atoms with van der Waals surface area (Å²) in [4.78, 5) is 23.4. The predicted octanol–water partition coefficient (Wildman–Crippen LogP) is 3.47. The maximum Gasteiger partial charge on any atom is 0.273 e. The maximum atomic E-state index is 13.8. The van der Waals surface area contributed by atoms with Crippen LogP contribution in [0.2, 0.25) is 0 Å². The van der Waals surface area contributed by atoms with Crippen LogP contribution in [0.1, 0.15) is 20.8 Å². The van der Waals surface area contributed by atoms with E-state index < -0.39 is 29.0 Å². The van der Waals surface area contributed by atoms with E-state index in [1.165, 1.54) is 6.07 Å². The van der Waals surface area contributed by atoms with Crippen molar-refractivity contribution in [1.82, 2.24) is 10.2 Å². The van der Waals surface area contributed by atoms with Gasteiger partial charge in [-0.2, -0.15) is 5.10 Å². The molecule has 132 valence electrons. The smallest absolute Gasteiger partial charge is 0.273 e. The molecule has 0 saturated carbocycles. The van der Waals surface area contributed by atoms with E-state index in [1.807, 2.05) is 12.1 Å². The zero-order chi connectivity index (χ0) is 18.8. The average molecular weight is 421 g/mol. The van der Waals surface area contributed by atoms with Crippen LogP contribution in [0.5, 0.6) is 0 Å². The molecule has 9 heteroatoms. The lowest BCUT2D eigenvalue weighted by Gasteiger charge is -2.07. The van der Waals surface area contributed by atoms with Crippen LogP contribution in [-0.2, 0) is 0 Å². The summed E-state index contributed by atoms with van der Waals surface area (Å²) >= 11 is 3.32. The Morgan fingerprint density at radius 3 is 2.42 bits per heavy atom. The fourth-order valence-electron chi connectivity index (χ4n) is 2.23. The second-order valence-corrected chi connectivity index (χ2v) is 6.22. The molecule has 4 N–H and O–H groups in total. The minimum absolute atomic E-state index is 0.0623. The van der Waals surface area contributed by atoms with Crippen molar-refractivity contribution in [2.75, 3.05) is 5.32 Å². The van der Waals surface area contributed by atoms with Gasteiger partial charge < -0.3 is 11.1 Å². The Morgan fingerprint density at radius 2 is 1.77 bits per heavy atom. The van der Waals surface area contributed by atoms with Crippen molar-refractivity contribution in [3.63, 3.8) is 0 Å². The third kappa shape index (κ3) is 3.62. The van der Waals surface area contributed by atoms with E-state index in [-0.39, 0.29) is 11.4 Å². The molecule has 1 heterocycles. The quantitative estimate of drug-likeness (QED) is 0.602. The van der Waals surface area contributed by atoms with E-state index in [2.05, 4.69) is 31.4 Å². The van der Waals surface area contributed by atoms with Crippen LogP contribution in [0.15, 0.2) is 46.9 Å². The summed E-state index contributed by atoms with van der Waals surface area (Å²) in [6.07, 6.45) is 0. The number of nitrogens with zero attached hydrogens (tertiary/aromatic N) is 1. The van der Waals surface area contributed by atoms with E-state index in [1.54, 1.807) is 12.1 Å². The second kappa shape index (κ2) is 7.04. The highest BCUT2D eigenvalue weighted by Crippen LogP contribution is 2.22. The molecule has 3 rings (SSSR count). The Bertz CT molecular complexity index is 1000. The summed E-state index contributed by atoms with van der Waals surface area (Å²) < 4.78 is 28.2. The fraction of sp³-hybridized carbons (Fsp3) is 0. The van der Waals surface area contributed by atoms with E-state index in [9.17, 15) is 18.4 Å². The van der Waals surface area contributed by atoms with Crippen LogP contribution >= 0.6 is 15.9 Å². The van der Waals surface area contributed by atoms with Crippen molar-refractivity contribution in [2.24, 2.45) is 5.73 Å². The van der Waals surface area contributed by atoms with Crippen molar-refractivity contribution in [3.8, 4) is 11.3 Å². The lowest BCUT2D eigenvalue weighted by molar-refractivity contribution is 0.0991. The summed E-state index contributed by atoms with van der Waals surface area (Å²) in [5.74, 6) is -3.92. The predicted molar refractivity (Wildman–Crippen MR) is 94.6 cm³/mol. The largest absolute Gasteiger partial charge is 0.366 e. The Kier molecular flexibility index (Phi) is 4.81. The first-order chi connectivity index (χ1) is 12.3. The number of carbonyl (C=O) groups is 2. The van der Waals surface area contributed by atoms with Gasteiger partial charge in [-0.25, -0.2) is 8.78 Å². The number of nitrogens with one attached hydrogen (secondary N) is 2. The molecule has 0 atom stereocenters.